The zero-order valence-electron chi connectivity index (χ0n) is 16.1. The molecule has 0 saturated heterocycles. The number of non-ortho nitro benzene ring substituents is 1. The number of nitro groups is 1. The molecule has 8 nitrogen and oxygen atoms in total. The lowest BCUT2D eigenvalue weighted by Crippen LogP contribution is -2.38. The second-order valence-electron chi connectivity index (χ2n) is 5.77. The van der Waals surface area contributed by atoms with Gasteiger partial charge >= 0.3 is 0 Å². The predicted octanol–water partition coefficient (Wildman–Crippen LogP) is 2.75. The number of nitro benzene ring substituents is 1. The topological polar surface area (TPSA) is 98.0 Å². The Balaban J connectivity index is 0.00000676. The quantitative estimate of drug-likeness (QED) is 0.109. The fraction of sp³-hybridized carbons (Fsp3) is 0.611. The molecule has 0 atom stereocenters. The van der Waals surface area contributed by atoms with Gasteiger partial charge in [-0.05, 0) is 31.2 Å². The predicted molar refractivity (Wildman–Crippen MR) is 118 cm³/mol. The van der Waals surface area contributed by atoms with Crippen LogP contribution in [0.1, 0.15) is 24.8 Å². The molecule has 2 N–H and O–H groups in total. The van der Waals surface area contributed by atoms with E-state index in [2.05, 4.69) is 15.6 Å². The molecule has 0 aliphatic heterocycles. The smallest absolute Gasteiger partial charge is 0.269 e. The summed E-state index contributed by atoms with van der Waals surface area (Å²) in [4.78, 5) is 14.4. The van der Waals surface area contributed by atoms with Crippen LogP contribution in [0.4, 0.5) is 5.69 Å². The molecule has 1 aromatic rings. The first kappa shape index (κ1) is 25.5. The van der Waals surface area contributed by atoms with Crippen LogP contribution in [-0.2, 0) is 15.9 Å². The number of nitrogens with zero attached hydrogens (tertiary/aromatic N) is 2. The van der Waals surface area contributed by atoms with Crippen molar-refractivity contribution >= 4 is 35.6 Å². The highest BCUT2D eigenvalue weighted by Gasteiger charge is 2.03. The maximum atomic E-state index is 10.6. The number of methoxy groups -OCH3 is 1. The van der Waals surface area contributed by atoms with E-state index in [0.717, 1.165) is 50.3 Å². The van der Waals surface area contributed by atoms with Gasteiger partial charge in [-0.3, -0.25) is 15.1 Å². The van der Waals surface area contributed by atoms with Crippen LogP contribution in [0.25, 0.3) is 0 Å². The number of guanidine groups is 1. The molecule has 0 aliphatic rings. The van der Waals surface area contributed by atoms with Gasteiger partial charge in [-0.15, -0.1) is 24.0 Å². The highest BCUT2D eigenvalue weighted by Crippen LogP contribution is 2.13. The summed E-state index contributed by atoms with van der Waals surface area (Å²) in [6.45, 7) is 3.57. The molecule has 0 saturated carbocycles. The van der Waals surface area contributed by atoms with E-state index >= 15 is 0 Å². The molecule has 0 bridgehead atoms. The molecule has 1 aromatic carbocycles. The zero-order chi connectivity index (χ0) is 19.0. The van der Waals surface area contributed by atoms with Crippen LogP contribution in [0.3, 0.4) is 0 Å². The van der Waals surface area contributed by atoms with Crippen molar-refractivity contribution in [1.82, 2.24) is 10.6 Å². The van der Waals surface area contributed by atoms with Crippen LogP contribution < -0.4 is 10.6 Å². The first-order chi connectivity index (χ1) is 12.7. The summed E-state index contributed by atoms with van der Waals surface area (Å²) < 4.78 is 10.3. The van der Waals surface area contributed by atoms with E-state index in [-0.39, 0.29) is 34.6 Å². The summed E-state index contributed by atoms with van der Waals surface area (Å²) >= 11 is 0. The summed E-state index contributed by atoms with van der Waals surface area (Å²) in [6, 6.07) is 6.75. The van der Waals surface area contributed by atoms with Gasteiger partial charge in [0.05, 0.1) is 18.1 Å². The molecular formula is C18H31IN4O4. The number of unbranched alkanes of at least 4 members (excludes halogenated alkanes) is 1. The van der Waals surface area contributed by atoms with Crippen molar-refractivity contribution in [1.29, 1.82) is 0 Å². The van der Waals surface area contributed by atoms with E-state index in [1.165, 1.54) is 0 Å². The molecule has 0 radical (unpaired) electrons. The molecule has 9 heteroatoms. The Morgan fingerprint density at radius 2 is 1.74 bits per heavy atom. The third-order valence-electron chi connectivity index (χ3n) is 3.75. The van der Waals surface area contributed by atoms with E-state index < -0.39 is 0 Å². The normalized spacial score (nSPS) is 11.0. The minimum absolute atomic E-state index is 0. The van der Waals surface area contributed by atoms with E-state index in [4.69, 9.17) is 9.47 Å². The van der Waals surface area contributed by atoms with Crippen molar-refractivity contribution < 1.29 is 14.4 Å². The molecule has 0 spiro atoms. The second-order valence-corrected chi connectivity index (χ2v) is 5.77. The summed E-state index contributed by atoms with van der Waals surface area (Å²) in [5.41, 5.74) is 1.25. The first-order valence-electron chi connectivity index (χ1n) is 8.92. The third kappa shape index (κ3) is 12.5. The first-order valence-corrected chi connectivity index (χ1v) is 8.92. The number of aryl methyl sites for hydroxylation is 1. The van der Waals surface area contributed by atoms with Gasteiger partial charge < -0.3 is 20.1 Å². The Morgan fingerprint density at radius 1 is 1.07 bits per heavy atom. The number of ether oxygens (including phenoxy) is 2. The number of nitrogens with one attached hydrogen (secondary N) is 2. The van der Waals surface area contributed by atoms with E-state index in [1.54, 1.807) is 26.3 Å². The monoisotopic (exact) mass is 494 g/mol. The van der Waals surface area contributed by atoms with Crippen molar-refractivity contribution in [3.8, 4) is 0 Å². The van der Waals surface area contributed by atoms with Gasteiger partial charge in [0, 0.05) is 46.0 Å². The number of aliphatic imine (C=N–C) groups is 1. The molecule has 0 aromatic heterocycles. The van der Waals surface area contributed by atoms with Crippen LogP contribution in [0.5, 0.6) is 0 Å². The van der Waals surface area contributed by atoms with Crippen LogP contribution in [0, 0.1) is 10.1 Å². The van der Waals surface area contributed by atoms with Crippen molar-refractivity contribution in [2.45, 2.75) is 25.7 Å². The Labute approximate surface area is 178 Å². The molecule has 0 amide bonds. The van der Waals surface area contributed by atoms with Gasteiger partial charge in [-0.25, -0.2) is 0 Å². The standard InChI is InChI=1S/C18H30N4O4.HI/c1-19-18(21-12-5-13-26-15-14-25-2)20-11-4-3-6-16-7-9-17(10-8-16)22(23)24;/h7-10H,3-6,11-15H2,1-2H3,(H2,19,20,21);1H. The summed E-state index contributed by atoms with van der Waals surface area (Å²) in [5.74, 6) is 0.789. The minimum Gasteiger partial charge on any atom is -0.382 e. The lowest BCUT2D eigenvalue weighted by molar-refractivity contribution is -0.384. The molecule has 0 heterocycles. The molecule has 0 unspecified atom stereocenters. The van der Waals surface area contributed by atoms with Crippen molar-refractivity contribution in [2.24, 2.45) is 4.99 Å². The molecule has 1 rings (SSSR count). The molecule has 154 valence electrons. The Morgan fingerprint density at radius 3 is 2.33 bits per heavy atom. The van der Waals surface area contributed by atoms with Crippen molar-refractivity contribution in [2.75, 3.05) is 47.1 Å². The highest BCUT2D eigenvalue weighted by atomic mass is 127. The van der Waals surface area contributed by atoms with Crippen LogP contribution in [0.15, 0.2) is 29.3 Å². The summed E-state index contributed by atoms with van der Waals surface area (Å²) in [6.07, 6.45) is 3.82. The lowest BCUT2D eigenvalue weighted by Gasteiger charge is -2.12. The minimum atomic E-state index is -0.377. The second kappa shape index (κ2) is 16.7. The van der Waals surface area contributed by atoms with Crippen molar-refractivity contribution in [3.05, 3.63) is 39.9 Å². The lowest BCUT2D eigenvalue weighted by atomic mass is 10.1. The van der Waals surface area contributed by atoms with Gasteiger partial charge in [0.25, 0.3) is 5.69 Å². The average molecular weight is 494 g/mol. The number of rotatable bonds is 13. The Hall–Kier alpha value is -1.46. The fourth-order valence-electron chi connectivity index (χ4n) is 2.29. The maximum absolute atomic E-state index is 10.6. The zero-order valence-corrected chi connectivity index (χ0v) is 18.4. The van der Waals surface area contributed by atoms with E-state index in [9.17, 15) is 10.1 Å². The third-order valence-corrected chi connectivity index (χ3v) is 3.75. The SMILES string of the molecule is CN=C(NCCCCc1ccc([N+](=O)[O-])cc1)NCCCOCCOC.I. The van der Waals surface area contributed by atoms with Crippen LogP contribution >= 0.6 is 24.0 Å². The van der Waals surface area contributed by atoms with Crippen LogP contribution in [0.2, 0.25) is 0 Å². The Kier molecular flexibility index (Phi) is 15.8. The molecule has 27 heavy (non-hydrogen) atoms. The number of halogens is 1. The van der Waals surface area contributed by atoms with Crippen LogP contribution in [-0.4, -0.2) is 58.0 Å². The van der Waals surface area contributed by atoms with Gasteiger partial charge in [0.1, 0.15) is 0 Å². The van der Waals surface area contributed by atoms with Crippen molar-refractivity contribution in [3.63, 3.8) is 0 Å². The number of benzene rings is 1. The summed E-state index contributed by atoms with van der Waals surface area (Å²) in [7, 11) is 3.41. The van der Waals surface area contributed by atoms with E-state index in [0.29, 0.717) is 19.8 Å². The van der Waals surface area contributed by atoms with Gasteiger partial charge in [-0.1, -0.05) is 12.1 Å². The average Bonchev–Trinajstić information content (AvgIpc) is 2.65. The van der Waals surface area contributed by atoms with Gasteiger partial charge in [0.2, 0.25) is 0 Å². The number of hydrogen-bond donors (Lipinski definition) is 2. The summed E-state index contributed by atoms with van der Waals surface area (Å²) in [5, 5.41) is 17.2. The Bertz CT molecular complexity index is 541. The molecular weight excluding hydrogens is 463 g/mol. The molecule has 0 fully saturated rings. The fourth-order valence-corrected chi connectivity index (χ4v) is 2.29. The number of hydrogen-bond acceptors (Lipinski definition) is 5. The highest BCUT2D eigenvalue weighted by molar-refractivity contribution is 14.0. The van der Waals surface area contributed by atoms with E-state index in [1.807, 2.05) is 12.1 Å². The largest absolute Gasteiger partial charge is 0.382 e. The van der Waals surface area contributed by atoms with Gasteiger partial charge in [-0.2, -0.15) is 0 Å². The molecule has 0 aliphatic carbocycles. The maximum Gasteiger partial charge on any atom is 0.269 e. The van der Waals surface area contributed by atoms with Gasteiger partial charge in [0.15, 0.2) is 5.96 Å².